The molecule has 0 spiro atoms. The Balaban J connectivity index is 1.76. The molecule has 0 saturated heterocycles. The monoisotopic (exact) mass is 315 g/mol. The Labute approximate surface area is 135 Å². The fourth-order valence-corrected chi connectivity index (χ4v) is 3.50. The van der Waals surface area contributed by atoms with Crippen LogP contribution in [0.25, 0.3) is 0 Å². The zero-order valence-corrected chi connectivity index (χ0v) is 13.8. The molecule has 1 fully saturated rings. The van der Waals surface area contributed by atoms with Gasteiger partial charge in [0.1, 0.15) is 5.69 Å². The van der Waals surface area contributed by atoms with E-state index in [2.05, 4.69) is 22.2 Å². The van der Waals surface area contributed by atoms with Crippen LogP contribution in [0, 0.1) is 12.8 Å². The molecule has 1 atom stereocenters. The lowest BCUT2D eigenvalue weighted by molar-refractivity contribution is 0.0926. The number of carbonyl (C=O) groups is 1. The summed E-state index contributed by atoms with van der Waals surface area (Å²) < 4.78 is 0. The molecule has 2 aromatic rings. The highest BCUT2D eigenvalue weighted by Gasteiger charge is 2.35. The van der Waals surface area contributed by atoms with Gasteiger partial charge in [-0.05, 0) is 50.2 Å². The summed E-state index contributed by atoms with van der Waals surface area (Å²) in [5.41, 5.74) is 2.65. The van der Waals surface area contributed by atoms with Gasteiger partial charge >= 0.3 is 0 Å². The highest BCUT2D eigenvalue weighted by molar-refractivity contribution is 7.09. The normalized spacial score (nSPS) is 15.5. The molecule has 22 heavy (non-hydrogen) atoms. The largest absolute Gasteiger partial charge is 0.342 e. The first-order valence-corrected chi connectivity index (χ1v) is 8.73. The minimum absolute atomic E-state index is 0.00465. The zero-order valence-electron chi connectivity index (χ0n) is 13.0. The summed E-state index contributed by atoms with van der Waals surface area (Å²) in [6.07, 6.45) is 6.08. The number of nitrogens with zero attached hydrogens (tertiary/aromatic N) is 2. The quantitative estimate of drug-likeness (QED) is 0.884. The van der Waals surface area contributed by atoms with Crippen LogP contribution < -0.4 is 5.32 Å². The highest BCUT2D eigenvalue weighted by Crippen LogP contribution is 2.41. The molecule has 1 aliphatic rings. The second-order valence-electron chi connectivity index (χ2n) is 5.87. The first kappa shape index (κ1) is 15.2. The minimum Gasteiger partial charge on any atom is -0.342 e. The average molecular weight is 315 g/mol. The fraction of sp³-hybridized carbons (Fsp3) is 0.471. The van der Waals surface area contributed by atoms with E-state index >= 15 is 0 Å². The number of aromatic nitrogens is 2. The van der Waals surface area contributed by atoms with E-state index in [-0.39, 0.29) is 11.9 Å². The third-order valence-corrected chi connectivity index (χ3v) is 4.88. The molecule has 0 aromatic carbocycles. The Hall–Kier alpha value is -1.75. The second kappa shape index (κ2) is 6.57. The predicted octanol–water partition coefficient (Wildman–Crippen LogP) is 3.68. The third-order valence-electron chi connectivity index (χ3n) is 3.97. The van der Waals surface area contributed by atoms with Crippen LogP contribution in [0.1, 0.15) is 59.0 Å². The van der Waals surface area contributed by atoms with Crippen molar-refractivity contribution in [3.63, 3.8) is 0 Å². The van der Waals surface area contributed by atoms with Gasteiger partial charge in [0.25, 0.3) is 5.91 Å². The highest BCUT2D eigenvalue weighted by atomic mass is 32.1. The number of amides is 1. The van der Waals surface area contributed by atoms with Crippen LogP contribution in [0.3, 0.4) is 0 Å². The summed E-state index contributed by atoms with van der Waals surface area (Å²) in [6, 6.07) is 3.98. The number of carbonyl (C=O) groups excluding carboxylic acids is 1. The maximum absolute atomic E-state index is 12.5. The van der Waals surface area contributed by atoms with E-state index in [0.29, 0.717) is 11.6 Å². The first-order valence-electron chi connectivity index (χ1n) is 7.85. The summed E-state index contributed by atoms with van der Waals surface area (Å²) in [5, 5.41) is 6.04. The first-order chi connectivity index (χ1) is 10.7. The SMILES string of the molecule is CCCc1nc(C(=O)NC(c2ncccc2C)C2CC2)cs1. The van der Waals surface area contributed by atoms with Gasteiger partial charge in [0, 0.05) is 11.6 Å². The van der Waals surface area contributed by atoms with Gasteiger partial charge in [0.2, 0.25) is 0 Å². The van der Waals surface area contributed by atoms with E-state index in [4.69, 9.17) is 0 Å². The van der Waals surface area contributed by atoms with Crippen molar-refractivity contribution >= 4 is 17.2 Å². The summed E-state index contributed by atoms with van der Waals surface area (Å²) >= 11 is 1.56. The number of pyridine rings is 1. The summed E-state index contributed by atoms with van der Waals surface area (Å²) in [6.45, 7) is 4.17. The molecule has 0 bridgehead atoms. The van der Waals surface area contributed by atoms with E-state index in [1.54, 1.807) is 17.5 Å². The lowest BCUT2D eigenvalue weighted by Crippen LogP contribution is -2.31. The van der Waals surface area contributed by atoms with Crippen LogP contribution in [0.2, 0.25) is 0 Å². The van der Waals surface area contributed by atoms with Crippen molar-refractivity contribution in [1.82, 2.24) is 15.3 Å². The number of nitrogens with one attached hydrogen (secondary N) is 1. The molecule has 0 radical (unpaired) electrons. The lowest BCUT2D eigenvalue weighted by Gasteiger charge is -2.19. The fourth-order valence-electron chi connectivity index (χ4n) is 2.62. The molecule has 2 heterocycles. The zero-order chi connectivity index (χ0) is 15.5. The minimum atomic E-state index is -0.0828. The molecular formula is C17H21N3OS. The molecule has 1 amide bonds. The van der Waals surface area contributed by atoms with Crippen molar-refractivity contribution in [3.8, 4) is 0 Å². The van der Waals surface area contributed by atoms with E-state index < -0.39 is 0 Å². The molecule has 1 unspecified atom stereocenters. The average Bonchev–Trinajstić information content (AvgIpc) is 3.25. The van der Waals surface area contributed by atoms with Gasteiger partial charge in [-0.25, -0.2) is 4.98 Å². The Morgan fingerprint density at radius 1 is 1.50 bits per heavy atom. The van der Waals surface area contributed by atoms with Gasteiger partial charge in [0.05, 0.1) is 16.7 Å². The number of aryl methyl sites for hydroxylation is 2. The summed E-state index contributed by atoms with van der Waals surface area (Å²) in [7, 11) is 0. The van der Waals surface area contributed by atoms with Crippen LogP contribution in [-0.2, 0) is 6.42 Å². The maximum atomic E-state index is 12.5. The van der Waals surface area contributed by atoms with Crippen LogP contribution in [-0.4, -0.2) is 15.9 Å². The molecule has 1 aliphatic carbocycles. The Bertz CT molecular complexity index is 663. The summed E-state index contributed by atoms with van der Waals surface area (Å²) in [5.74, 6) is 0.423. The maximum Gasteiger partial charge on any atom is 0.271 e. The summed E-state index contributed by atoms with van der Waals surface area (Å²) in [4.78, 5) is 21.4. The van der Waals surface area contributed by atoms with E-state index in [1.807, 2.05) is 24.4 Å². The molecule has 5 heteroatoms. The molecule has 116 valence electrons. The molecule has 3 rings (SSSR count). The number of rotatable bonds is 6. The van der Waals surface area contributed by atoms with Crippen molar-refractivity contribution in [1.29, 1.82) is 0 Å². The van der Waals surface area contributed by atoms with Gasteiger partial charge in [-0.15, -0.1) is 11.3 Å². The molecule has 1 N–H and O–H groups in total. The molecule has 4 nitrogen and oxygen atoms in total. The Morgan fingerprint density at radius 2 is 2.32 bits per heavy atom. The van der Waals surface area contributed by atoms with Crippen LogP contribution in [0.15, 0.2) is 23.7 Å². The Morgan fingerprint density at radius 3 is 3.00 bits per heavy atom. The second-order valence-corrected chi connectivity index (χ2v) is 6.81. The molecular weight excluding hydrogens is 294 g/mol. The van der Waals surface area contributed by atoms with Crippen molar-refractivity contribution < 1.29 is 4.79 Å². The van der Waals surface area contributed by atoms with Gasteiger partial charge in [-0.3, -0.25) is 9.78 Å². The standard InChI is InChI=1S/C17H21N3OS/c1-3-5-14-19-13(10-22-14)17(21)20-16(12-7-8-12)15-11(2)6-4-9-18-15/h4,6,9-10,12,16H,3,5,7-8H2,1-2H3,(H,20,21). The van der Waals surface area contributed by atoms with Crippen LogP contribution in [0.5, 0.6) is 0 Å². The van der Waals surface area contributed by atoms with Crippen LogP contribution in [0.4, 0.5) is 0 Å². The van der Waals surface area contributed by atoms with E-state index in [1.165, 1.54) is 0 Å². The smallest absolute Gasteiger partial charge is 0.271 e. The number of hydrogen-bond donors (Lipinski definition) is 1. The van der Waals surface area contributed by atoms with Crippen molar-refractivity contribution in [2.45, 2.75) is 45.6 Å². The molecule has 1 saturated carbocycles. The number of thiazole rings is 1. The van der Waals surface area contributed by atoms with Crippen LogP contribution >= 0.6 is 11.3 Å². The van der Waals surface area contributed by atoms with E-state index in [0.717, 1.165) is 41.9 Å². The number of hydrogen-bond acceptors (Lipinski definition) is 4. The predicted molar refractivity (Wildman–Crippen MR) is 88.0 cm³/mol. The molecule has 0 aliphatic heterocycles. The third kappa shape index (κ3) is 3.35. The molecule has 2 aromatic heterocycles. The van der Waals surface area contributed by atoms with Gasteiger partial charge in [-0.1, -0.05) is 13.0 Å². The van der Waals surface area contributed by atoms with E-state index in [9.17, 15) is 4.79 Å². The van der Waals surface area contributed by atoms with Gasteiger partial charge < -0.3 is 5.32 Å². The lowest BCUT2D eigenvalue weighted by atomic mass is 10.0. The topological polar surface area (TPSA) is 54.9 Å². The van der Waals surface area contributed by atoms with Gasteiger partial charge in [-0.2, -0.15) is 0 Å². The van der Waals surface area contributed by atoms with Crippen molar-refractivity contribution in [3.05, 3.63) is 45.7 Å². The Kier molecular flexibility index (Phi) is 4.52. The van der Waals surface area contributed by atoms with Crippen molar-refractivity contribution in [2.24, 2.45) is 5.92 Å². The van der Waals surface area contributed by atoms with Crippen molar-refractivity contribution in [2.75, 3.05) is 0 Å². The van der Waals surface area contributed by atoms with Gasteiger partial charge in [0.15, 0.2) is 0 Å².